The molecule has 2 atom stereocenters. The van der Waals surface area contributed by atoms with Crippen LogP contribution in [0.2, 0.25) is 0 Å². The first-order valence-corrected chi connectivity index (χ1v) is 5.73. The molecule has 0 saturated carbocycles. The third-order valence-corrected chi connectivity index (χ3v) is 3.20. The summed E-state index contributed by atoms with van der Waals surface area (Å²) in [5.74, 6) is -0.691. The lowest BCUT2D eigenvalue weighted by Gasteiger charge is -2.49. The van der Waals surface area contributed by atoms with Gasteiger partial charge in [0.1, 0.15) is 0 Å². The second-order valence-electron chi connectivity index (χ2n) is 4.15. The summed E-state index contributed by atoms with van der Waals surface area (Å²) in [4.78, 5) is 0. The van der Waals surface area contributed by atoms with Gasteiger partial charge in [0.15, 0.2) is 0 Å². The van der Waals surface area contributed by atoms with E-state index >= 15 is 0 Å². The fourth-order valence-corrected chi connectivity index (χ4v) is 2.06. The van der Waals surface area contributed by atoms with Crippen LogP contribution in [-0.4, -0.2) is 26.3 Å². The van der Waals surface area contributed by atoms with Gasteiger partial charge in [0, 0.05) is 14.2 Å². The van der Waals surface area contributed by atoms with Crippen LogP contribution in [0.3, 0.4) is 0 Å². The summed E-state index contributed by atoms with van der Waals surface area (Å²) in [6.07, 6.45) is 4.13. The minimum Gasteiger partial charge on any atom is -0.331 e. The molecule has 2 unspecified atom stereocenters. The lowest BCUT2D eigenvalue weighted by molar-refractivity contribution is -0.468. The minimum absolute atomic E-state index is 0.0371. The fraction of sp³-hybridized carbons (Fsp3) is 0.429. The Morgan fingerprint density at radius 1 is 1.18 bits per heavy atom. The van der Waals surface area contributed by atoms with Crippen molar-refractivity contribution in [2.45, 2.75) is 19.0 Å². The Bertz CT molecular complexity index is 382. The summed E-state index contributed by atoms with van der Waals surface area (Å²) in [7, 11) is 3.19. The number of methoxy groups -OCH3 is 2. The second kappa shape index (κ2) is 5.00. The van der Waals surface area contributed by atoms with Crippen LogP contribution in [0, 0.1) is 5.92 Å². The first-order valence-electron chi connectivity index (χ1n) is 5.73. The summed E-state index contributed by atoms with van der Waals surface area (Å²) in [5, 5.41) is 0. The Balaban J connectivity index is 1.97. The van der Waals surface area contributed by atoms with Crippen molar-refractivity contribution in [3.63, 3.8) is 0 Å². The van der Waals surface area contributed by atoms with Gasteiger partial charge in [-0.2, -0.15) is 0 Å². The van der Waals surface area contributed by atoms with Crippen molar-refractivity contribution in [3.8, 4) is 0 Å². The molecule has 1 aliphatic heterocycles. The number of hydrogen-bond acceptors (Lipinski definition) is 3. The van der Waals surface area contributed by atoms with E-state index in [-0.39, 0.29) is 12.0 Å². The summed E-state index contributed by atoms with van der Waals surface area (Å²) in [6.45, 7) is 2.05. The molecular formula is C14H18O3. The lowest BCUT2D eigenvalue weighted by Crippen LogP contribution is -2.60. The molecule has 0 N–H and O–H groups in total. The van der Waals surface area contributed by atoms with E-state index in [2.05, 4.69) is 25.1 Å². The van der Waals surface area contributed by atoms with E-state index in [4.69, 9.17) is 14.2 Å². The molecule has 0 bridgehead atoms. The molecule has 17 heavy (non-hydrogen) atoms. The quantitative estimate of drug-likeness (QED) is 0.750. The first kappa shape index (κ1) is 12.3. The molecule has 1 aromatic carbocycles. The van der Waals surface area contributed by atoms with Crippen molar-refractivity contribution < 1.29 is 14.2 Å². The van der Waals surface area contributed by atoms with Crippen LogP contribution in [0.5, 0.6) is 0 Å². The van der Waals surface area contributed by atoms with E-state index in [1.54, 1.807) is 14.2 Å². The zero-order valence-corrected chi connectivity index (χ0v) is 10.4. The van der Waals surface area contributed by atoms with Gasteiger partial charge in [-0.15, -0.1) is 0 Å². The van der Waals surface area contributed by atoms with Crippen molar-refractivity contribution in [1.29, 1.82) is 0 Å². The maximum Gasteiger partial charge on any atom is 0.288 e. The number of hydrogen-bond donors (Lipinski definition) is 0. The molecule has 0 aliphatic carbocycles. The maximum atomic E-state index is 5.63. The Morgan fingerprint density at radius 2 is 1.82 bits per heavy atom. The normalized spacial score (nSPS) is 27.0. The van der Waals surface area contributed by atoms with Gasteiger partial charge in [0.05, 0.1) is 12.0 Å². The third kappa shape index (κ3) is 2.27. The monoisotopic (exact) mass is 234 g/mol. The largest absolute Gasteiger partial charge is 0.331 e. The average Bonchev–Trinajstić information content (AvgIpc) is 2.39. The van der Waals surface area contributed by atoms with Gasteiger partial charge in [-0.05, 0) is 5.56 Å². The smallest absolute Gasteiger partial charge is 0.288 e. The fourth-order valence-electron chi connectivity index (χ4n) is 2.06. The van der Waals surface area contributed by atoms with Gasteiger partial charge in [-0.25, -0.2) is 0 Å². The van der Waals surface area contributed by atoms with Gasteiger partial charge in [-0.1, -0.05) is 49.4 Å². The van der Waals surface area contributed by atoms with Crippen LogP contribution in [0.15, 0.2) is 36.4 Å². The molecule has 3 heteroatoms. The molecule has 1 fully saturated rings. The maximum absolute atomic E-state index is 5.63. The highest BCUT2D eigenvalue weighted by Gasteiger charge is 2.53. The molecule has 2 rings (SSSR count). The van der Waals surface area contributed by atoms with E-state index in [1.165, 1.54) is 0 Å². The Kier molecular flexibility index (Phi) is 3.62. The summed E-state index contributed by atoms with van der Waals surface area (Å²) in [5.41, 5.74) is 1.16. The van der Waals surface area contributed by atoms with Crippen LogP contribution in [0.25, 0.3) is 6.08 Å². The Labute approximate surface area is 102 Å². The van der Waals surface area contributed by atoms with Gasteiger partial charge in [-0.3, -0.25) is 0 Å². The van der Waals surface area contributed by atoms with Gasteiger partial charge >= 0.3 is 0 Å². The summed E-state index contributed by atoms with van der Waals surface area (Å²) in [6, 6.07) is 10.1. The lowest BCUT2D eigenvalue weighted by atomic mass is 9.94. The molecule has 0 amide bonds. The Hall–Kier alpha value is -1.16. The van der Waals surface area contributed by atoms with E-state index in [9.17, 15) is 0 Å². The van der Waals surface area contributed by atoms with Gasteiger partial charge < -0.3 is 14.2 Å². The topological polar surface area (TPSA) is 27.7 Å². The van der Waals surface area contributed by atoms with Crippen LogP contribution in [0.4, 0.5) is 0 Å². The SMILES string of the molecule is COC1(OC)OC(/C=C/c2ccccc2)C1C. The van der Waals surface area contributed by atoms with Crippen LogP contribution >= 0.6 is 0 Å². The van der Waals surface area contributed by atoms with Crippen LogP contribution < -0.4 is 0 Å². The molecular weight excluding hydrogens is 216 g/mol. The second-order valence-corrected chi connectivity index (χ2v) is 4.15. The van der Waals surface area contributed by atoms with E-state index in [0.29, 0.717) is 0 Å². The molecule has 1 saturated heterocycles. The number of ether oxygens (including phenoxy) is 3. The van der Waals surface area contributed by atoms with E-state index in [0.717, 1.165) is 5.56 Å². The van der Waals surface area contributed by atoms with Crippen molar-refractivity contribution in [3.05, 3.63) is 42.0 Å². The van der Waals surface area contributed by atoms with Crippen molar-refractivity contribution in [1.82, 2.24) is 0 Å². The van der Waals surface area contributed by atoms with Gasteiger partial charge in [0.25, 0.3) is 5.97 Å². The Morgan fingerprint density at radius 3 is 2.35 bits per heavy atom. The molecule has 92 valence electrons. The predicted molar refractivity (Wildman–Crippen MR) is 66.3 cm³/mol. The standard InChI is InChI=1S/C14H18O3/c1-11-13(17-14(11,15-2)16-3)10-9-12-7-5-4-6-8-12/h4-11,13H,1-3H3/b10-9+. The molecule has 0 spiro atoms. The van der Waals surface area contributed by atoms with Crippen molar-refractivity contribution >= 4 is 6.08 Å². The van der Waals surface area contributed by atoms with Crippen molar-refractivity contribution in [2.75, 3.05) is 14.2 Å². The minimum atomic E-state index is -0.869. The summed E-state index contributed by atoms with van der Waals surface area (Å²) >= 11 is 0. The highest BCUT2D eigenvalue weighted by molar-refractivity contribution is 5.49. The molecule has 1 heterocycles. The highest BCUT2D eigenvalue weighted by Crippen LogP contribution is 2.40. The predicted octanol–water partition coefficient (Wildman–Crippen LogP) is 2.68. The van der Waals surface area contributed by atoms with Crippen molar-refractivity contribution in [2.24, 2.45) is 5.92 Å². The molecule has 1 aliphatic rings. The van der Waals surface area contributed by atoms with E-state index in [1.807, 2.05) is 24.3 Å². The van der Waals surface area contributed by atoms with E-state index < -0.39 is 5.97 Å². The highest BCUT2D eigenvalue weighted by atomic mass is 16.9. The zero-order chi connectivity index (χ0) is 12.3. The zero-order valence-electron chi connectivity index (χ0n) is 10.4. The molecule has 0 aromatic heterocycles. The van der Waals surface area contributed by atoms with Crippen LogP contribution in [-0.2, 0) is 14.2 Å². The third-order valence-electron chi connectivity index (χ3n) is 3.20. The molecule has 3 nitrogen and oxygen atoms in total. The van der Waals surface area contributed by atoms with Crippen LogP contribution in [0.1, 0.15) is 12.5 Å². The number of benzene rings is 1. The first-order chi connectivity index (χ1) is 8.22. The molecule has 1 aromatic rings. The summed E-state index contributed by atoms with van der Waals surface area (Å²) < 4.78 is 16.1. The average molecular weight is 234 g/mol. The molecule has 0 radical (unpaired) electrons. The van der Waals surface area contributed by atoms with Gasteiger partial charge in [0.2, 0.25) is 0 Å². The number of rotatable bonds is 4.